The van der Waals surface area contributed by atoms with Crippen molar-refractivity contribution in [2.75, 3.05) is 31.5 Å². The molecule has 2 aliphatic heterocycles. The number of aryl methyl sites for hydroxylation is 1. The number of carbonyl (C=O) groups excluding carboxylic acids is 1. The average Bonchev–Trinajstić information content (AvgIpc) is 3.51. The third kappa shape index (κ3) is 7.62. The highest BCUT2D eigenvalue weighted by atomic mass is 16.2. The molecule has 0 radical (unpaired) electrons. The van der Waals surface area contributed by atoms with E-state index in [2.05, 4.69) is 51.4 Å². The first-order valence-corrected chi connectivity index (χ1v) is 14.0. The van der Waals surface area contributed by atoms with Gasteiger partial charge in [0.1, 0.15) is 0 Å². The molecule has 3 heterocycles. The van der Waals surface area contributed by atoms with Crippen molar-refractivity contribution in [3.05, 3.63) is 71.9 Å². The van der Waals surface area contributed by atoms with Gasteiger partial charge < -0.3 is 15.1 Å². The first-order valence-electron chi connectivity index (χ1n) is 14.0. The van der Waals surface area contributed by atoms with E-state index in [0.717, 1.165) is 48.4 Å². The van der Waals surface area contributed by atoms with E-state index in [-0.39, 0.29) is 7.33 Å². The number of amides is 1. The van der Waals surface area contributed by atoms with Crippen LogP contribution in [0.2, 0.25) is 0 Å². The SMILES string of the molecule is CC.CC.Cc1ccc(-c2ccnc(Nc3ccc(C(=O)N4CCC(N5CCCC5)CC4)cc3)n2)cc1.[HH]. The summed E-state index contributed by atoms with van der Waals surface area (Å²) < 4.78 is 0. The Morgan fingerprint density at radius 1 is 0.865 bits per heavy atom. The van der Waals surface area contributed by atoms with Gasteiger partial charge in [0.15, 0.2) is 0 Å². The highest BCUT2D eigenvalue weighted by molar-refractivity contribution is 5.94. The average molecular weight is 504 g/mol. The normalized spacial score (nSPS) is 15.8. The first kappa shape index (κ1) is 28.3. The predicted octanol–water partition coefficient (Wildman–Crippen LogP) is 7.19. The fourth-order valence-electron chi connectivity index (χ4n) is 4.85. The molecule has 200 valence electrons. The zero-order chi connectivity index (χ0) is 26.6. The molecule has 37 heavy (non-hydrogen) atoms. The lowest BCUT2D eigenvalue weighted by molar-refractivity contribution is 0.0644. The van der Waals surface area contributed by atoms with Crippen molar-refractivity contribution in [2.45, 2.75) is 66.3 Å². The molecular formula is C31H45N5O. The molecule has 3 aromatic rings. The number of rotatable bonds is 5. The van der Waals surface area contributed by atoms with Crippen LogP contribution < -0.4 is 5.32 Å². The Labute approximate surface area is 224 Å². The Hall–Kier alpha value is -3.25. The Morgan fingerprint density at radius 2 is 1.49 bits per heavy atom. The maximum absolute atomic E-state index is 13.0. The Bertz CT molecular complexity index is 1090. The van der Waals surface area contributed by atoms with E-state index < -0.39 is 0 Å². The fraction of sp³-hybridized carbons (Fsp3) is 0.452. The van der Waals surface area contributed by atoms with E-state index in [1.54, 1.807) is 6.20 Å². The molecule has 0 saturated carbocycles. The summed E-state index contributed by atoms with van der Waals surface area (Å²) in [6, 6.07) is 18.5. The predicted molar refractivity (Wildman–Crippen MR) is 156 cm³/mol. The second-order valence-corrected chi connectivity index (χ2v) is 9.10. The van der Waals surface area contributed by atoms with Crippen LogP contribution in [-0.4, -0.2) is 57.9 Å². The van der Waals surface area contributed by atoms with Crippen LogP contribution in [0.5, 0.6) is 0 Å². The van der Waals surface area contributed by atoms with Gasteiger partial charge in [-0.15, -0.1) is 0 Å². The zero-order valence-corrected chi connectivity index (χ0v) is 23.2. The lowest BCUT2D eigenvalue weighted by Crippen LogP contribution is -2.45. The largest absolute Gasteiger partial charge is 0.339 e. The van der Waals surface area contributed by atoms with Gasteiger partial charge in [0.05, 0.1) is 5.69 Å². The molecule has 2 fully saturated rings. The molecule has 0 unspecified atom stereocenters. The highest BCUT2D eigenvalue weighted by Crippen LogP contribution is 2.23. The maximum Gasteiger partial charge on any atom is 0.253 e. The Kier molecular flexibility index (Phi) is 11.1. The molecule has 0 aliphatic carbocycles. The van der Waals surface area contributed by atoms with E-state index in [1.165, 1.54) is 31.5 Å². The molecule has 6 heteroatoms. The third-order valence-corrected chi connectivity index (χ3v) is 6.80. The Morgan fingerprint density at radius 3 is 2.11 bits per heavy atom. The number of hydrogen-bond acceptors (Lipinski definition) is 5. The molecule has 2 aromatic carbocycles. The summed E-state index contributed by atoms with van der Waals surface area (Å²) in [6.07, 6.45) is 6.57. The summed E-state index contributed by atoms with van der Waals surface area (Å²) in [5.41, 5.74) is 4.74. The van der Waals surface area contributed by atoms with E-state index in [9.17, 15) is 4.79 Å². The molecule has 0 atom stereocenters. The molecule has 2 saturated heterocycles. The van der Waals surface area contributed by atoms with Crippen molar-refractivity contribution in [1.82, 2.24) is 19.8 Å². The lowest BCUT2D eigenvalue weighted by atomic mass is 10.0. The molecule has 6 nitrogen and oxygen atoms in total. The summed E-state index contributed by atoms with van der Waals surface area (Å²) in [4.78, 5) is 26.6. The van der Waals surface area contributed by atoms with Crippen LogP contribution in [0.4, 0.5) is 11.6 Å². The van der Waals surface area contributed by atoms with E-state index in [0.29, 0.717) is 12.0 Å². The summed E-state index contributed by atoms with van der Waals surface area (Å²) in [7, 11) is 0. The second-order valence-electron chi connectivity index (χ2n) is 9.10. The summed E-state index contributed by atoms with van der Waals surface area (Å²) in [5.74, 6) is 0.662. The smallest absolute Gasteiger partial charge is 0.253 e. The summed E-state index contributed by atoms with van der Waals surface area (Å²) in [6.45, 7) is 14.2. The molecule has 2 aliphatic rings. The minimum Gasteiger partial charge on any atom is -0.339 e. The number of carbonyl (C=O) groups is 1. The van der Waals surface area contributed by atoms with Crippen LogP contribution in [0.25, 0.3) is 11.3 Å². The second kappa shape index (κ2) is 14.5. The van der Waals surface area contributed by atoms with E-state index in [4.69, 9.17) is 0 Å². The van der Waals surface area contributed by atoms with E-state index in [1.807, 2.05) is 62.9 Å². The van der Waals surface area contributed by atoms with Crippen molar-refractivity contribution in [1.29, 1.82) is 0 Å². The standard InChI is InChI=1S/C27H31N5O.2C2H6.H2/c1-20-4-6-21(7-5-20)25-12-15-28-27(30-25)29-23-10-8-22(9-11-23)26(33)32-18-13-24(14-19-32)31-16-2-3-17-31;2*1-2;/h4-12,15,24H,2-3,13-14,16-19H2,1H3,(H,28,29,30);2*1-2H3;1H. The molecule has 5 rings (SSSR count). The van der Waals surface area contributed by atoms with Gasteiger partial charge in [0, 0.05) is 43.6 Å². The number of anilines is 2. The van der Waals surface area contributed by atoms with Gasteiger partial charge in [0.2, 0.25) is 5.95 Å². The molecule has 0 spiro atoms. The zero-order valence-electron chi connectivity index (χ0n) is 23.2. The highest BCUT2D eigenvalue weighted by Gasteiger charge is 2.28. The van der Waals surface area contributed by atoms with Gasteiger partial charge in [-0.25, -0.2) is 9.97 Å². The van der Waals surface area contributed by atoms with Crippen molar-refractivity contribution in [3.8, 4) is 11.3 Å². The van der Waals surface area contributed by atoms with Crippen LogP contribution in [0.3, 0.4) is 0 Å². The van der Waals surface area contributed by atoms with Gasteiger partial charge in [-0.2, -0.15) is 0 Å². The van der Waals surface area contributed by atoms with Crippen molar-refractivity contribution < 1.29 is 6.22 Å². The quantitative estimate of drug-likeness (QED) is 0.399. The number of nitrogens with zero attached hydrogens (tertiary/aromatic N) is 4. The molecule has 1 amide bonds. The lowest BCUT2D eigenvalue weighted by Gasteiger charge is -2.36. The van der Waals surface area contributed by atoms with Crippen molar-refractivity contribution >= 4 is 17.5 Å². The van der Waals surface area contributed by atoms with E-state index >= 15 is 0 Å². The van der Waals surface area contributed by atoms with Crippen molar-refractivity contribution in [2.24, 2.45) is 0 Å². The monoisotopic (exact) mass is 503 g/mol. The van der Waals surface area contributed by atoms with Crippen molar-refractivity contribution in [3.63, 3.8) is 0 Å². The number of piperidine rings is 1. The van der Waals surface area contributed by atoms with Gasteiger partial charge in [-0.1, -0.05) is 57.5 Å². The van der Waals surface area contributed by atoms with Crippen LogP contribution in [-0.2, 0) is 0 Å². The number of likely N-dealkylation sites (tertiary alicyclic amines) is 2. The minimum absolute atomic E-state index is 0. The Balaban J connectivity index is 0.000000969. The molecule has 1 N–H and O–H groups in total. The number of hydrogen-bond donors (Lipinski definition) is 1. The fourth-order valence-corrected chi connectivity index (χ4v) is 4.85. The first-order chi connectivity index (χ1) is 18.2. The maximum atomic E-state index is 13.0. The third-order valence-electron chi connectivity index (χ3n) is 6.80. The van der Waals surface area contributed by atoms with Gasteiger partial charge in [0.25, 0.3) is 5.91 Å². The molecular weight excluding hydrogens is 458 g/mol. The molecule has 1 aromatic heterocycles. The summed E-state index contributed by atoms with van der Waals surface area (Å²) >= 11 is 0. The number of benzene rings is 2. The summed E-state index contributed by atoms with van der Waals surface area (Å²) in [5, 5.41) is 3.26. The van der Waals surface area contributed by atoms with Gasteiger partial charge >= 0.3 is 0 Å². The van der Waals surface area contributed by atoms with Crippen LogP contribution in [0.15, 0.2) is 60.8 Å². The van der Waals surface area contributed by atoms with Crippen LogP contribution >= 0.6 is 0 Å². The number of nitrogens with one attached hydrogen (secondary N) is 1. The molecule has 0 bridgehead atoms. The van der Waals surface area contributed by atoms with Gasteiger partial charge in [-0.05, 0) is 76.0 Å². The topological polar surface area (TPSA) is 61.4 Å². The van der Waals surface area contributed by atoms with Gasteiger partial charge in [-0.3, -0.25) is 4.79 Å². The van der Waals surface area contributed by atoms with Crippen LogP contribution in [0, 0.1) is 6.92 Å². The minimum atomic E-state index is 0. The van der Waals surface area contributed by atoms with Crippen LogP contribution in [0.1, 0.15) is 70.7 Å². The number of aromatic nitrogens is 2.